The Hall–Kier alpha value is -1.58. The van der Waals surface area contributed by atoms with Crippen LogP contribution in [0.3, 0.4) is 0 Å². The molecule has 4 nitrogen and oxygen atoms in total. The Morgan fingerprint density at radius 3 is 2.00 bits per heavy atom. The van der Waals surface area contributed by atoms with Gasteiger partial charge in [0, 0.05) is 6.08 Å². The van der Waals surface area contributed by atoms with Crippen molar-refractivity contribution in [3.8, 4) is 0 Å². The summed E-state index contributed by atoms with van der Waals surface area (Å²) in [6, 6.07) is 0. The number of allylic oxidation sites excluding steroid dienone is 2. The molecule has 0 fully saturated rings. The number of hydroxylamine groups is 1. The molecule has 0 aliphatic rings. The van der Waals surface area contributed by atoms with E-state index < -0.39 is 5.41 Å². The SMILES string of the molecule is C=C(C)/C=C(/NC(=O)C(C)(C)C)[N+](=C)O.CC. The smallest absolute Gasteiger partial charge is 0.320 e. The van der Waals surface area contributed by atoms with Crippen LogP contribution in [0.25, 0.3) is 0 Å². The standard InChI is InChI=1S/C11H18N2O2.C2H6/c1-8(2)7-9(13(6)15)12-10(14)11(3,4)5;1-2/h7H,1,6H2,2-5H3,(H-,12,14,15);1-2H3/p+1/b9-7-;. The fraction of sp³-hybridized carbons (Fsp3) is 0.538. The number of carbonyl (C=O) groups is 1. The van der Waals surface area contributed by atoms with Gasteiger partial charge in [0.1, 0.15) is 6.72 Å². The minimum atomic E-state index is -0.524. The lowest BCUT2D eigenvalue weighted by molar-refractivity contribution is -0.734. The van der Waals surface area contributed by atoms with Gasteiger partial charge >= 0.3 is 11.7 Å². The van der Waals surface area contributed by atoms with Crippen molar-refractivity contribution in [1.82, 2.24) is 5.32 Å². The molecule has 1 amide bonds. The molecule has 0 rings (SSSR count). The molecule has 0 atom stereocenters. The van der Waals surface area contributed by atoms with Crippen LogP contribution in [0.1, 0.15) is 41.5 Å². The van der Waals surface area contributed by atoms with E-state index >= 15 is 0 Å². The van der Waals surface area contributed by atoms with Crippen LogP contribution in [0.15, 0.2) is 24.0 Å². The second kappa shape index (κ2) is 7.65. The van der Waals surface area contributed by atoms with Crippen molar-refractivity contribution in [3.05, 3.63) is 24.0 Å². The summed E-state index contributed by atoms with van der Waals surface area (Å²) in [5.41, 5.74) is 0.186. The van der Waals surface area contributed by atoms with Crippen molar-refractivity contribution in [2.75, 3.05) is 0 Å². The number of hydrogen-bond donors (Lipinski definition) is 2. The van der Waals surface area contributed by atoms with Crippen molar-refractivity contribution in [2.45, 2.75) is 41.5 Å². The molecule has 0 aromatic rings. The molecule has 0 spiro atoms. The number of nitrogens with zero attached hydrogens (tertiary/aromatic N) is 1. The van der Waals surface area contributed by atoms with Gasteiger partial charge in [0.05, 0.1) is 5.41 Å². The fourth-order valence-electron chi connectivity index (χ4n) is 0.712. The molecule has 0 aliphatic heterocycles. The van der Waals surface area contributed by atoms with Crippen molar-refractivity contribution >= 4 is 12.6 Å². The average Bonchev–Trinajstić information content (AvgIpc) is 2.17. The van der Waals surface area contributed by atoms with Gasteiger partial charge in [-0.25, -0.2) is 10.1 Å². The molecule has 98 valence electrons. The van der Waals surface area contributed by atoms with Gasteiger partial charge in [0.15, 0.2) is 0 Å². The second-order valence-electron chi connectivity index (χ2n) is 4.48. The lowest BCUT2D eigenvalue weighted by Crippen LogP contribution is -2.36. The quantitative estimate of drug-likeness (QED) is 0.262. The van der Waals surface area contributed by atoms with E-state index in [0.29, 0.717) is 10.3 Å². The van der Waals surface area contributed by atoms with E-state index in [9.17, 15) is 10.0 Å². The number of hydrogen-bond acceptors (Lipinski definition) is 2. The predicted molar refractivity (Wildman–Crippen MR) is 71.0 cm³/mol. The largest absolute Gasteiger partial charge is 0.350 e. The lowest BCUT2D eigenvalue weighted by atomic mass is 9.96. The summed E-state index contributed by atoms with van der Waals surface area (Å²) in [7, 11) is 0. The van der Waals surface area contributed by atoms with Crippen LogP contribution >= 0.6 is 0 Å². The van der Waals surface area contributed by atoms with Crippen molar-refractivity contribution in [3.63, 3.8) is 0 Å². The molecule has 0 unspecified atom stereocenters. The second-order valence-corrected chi connectivity index (χ2v) is 4.48. The van der Waals surface area contributed by atoms with Gasteiger partial charge in [-0.2, -0.15) is 0 Å². The Labute approximate surface area is 104 Å². The van der Waals surface area contributed by atoms with Gasteiger partial charge < -0.3 is 5.21 Å². The highest BCUT2D eigenvalue weighted by atomic mass is 16.5. The fourth-order valence-corrected chi connectivity index (χ4v) is 0.712. The van der Waals surface area contributed by atoms with E-state index in [1.165, 1.54) is 6.08 Å². The summed E-state index contributed by atoms with van der Waals surface area (Å²) >= 11 is 0. The van der Waals surface area contributed by atoms with Crippen LogP contribution in [0.4, 0.5) is 0 Å². The van der Waals surface area contributed by atoms with Gasteiger partial charge in [0.25, 0.3) is 0 Å². The Bertz CT molecular complexity index is 323. The summed E-state index contributed by atoms with van der Waals surface area (Å²) in [5.74, 6) is 0.0140. The minimum Gasteiger partial charge on any atom is -0.350 e. The molecule has 0 radical (unpaired) electrons. The van der Waals surface area contributed by atoms with E-state index in [1.807, 2.05) is 13.8 Å². The van der Waals surface area contributed by atoms with Crippen molar-refractivity contribution in [1.29, 1.82) is 0 Å². The molecular formula is C13H25N2O2+. The van der Waals surface area contributed by atoms with Gasteiger partial charge in [-0.1, -0.05) is 30.7 Å². The third-order valence-electron chi connectivity index (χ3n) is 1.58. The number of amides is 1. The molecule has 0 aromatic heterocycles. The third kappa shape index (κ3) is 8.25. The zero-order chi connectivity index (χ0) is 14.2. The van der Waals surface area contributed by atoms with Crippen LogP contribution in [-0.4, -0.2) is 22.6 Å². The topological polar surface area (TPSA) is 52.3 Å². The van der Waals surface area contributed by atoms with Crippen LogP contribution in [0.5, 0.6) is 0 Å². The number of nitrogens with one attached hydrogen (secondary N) is 1. The number of carbonyl (C=O) groups excluding carboxylic acids is 1. The monoisotopic (exact) mass is 241 g/mol. The maximum absolute atomic E-state index is 11.6. The van der Waals surface area contributed by atoms with E-state index in [2.05, 4.69) is 18.6 Å². The van der Waals surface area contributed by atoms with Crippen LogP contribution < -0.4 is 5.32 Å². The summed E-state index contributed by atoms with van der Waals surface area (Å²) in [5, 5.41) is 11.7. The molecule has 0 bridgehead atoms. The molecule has 2 N–H and O–H groups in total. The first-order valence-electron chi connectivity index (χ1n) is 5.62. The molecular weight excluding hydrogens is 216 g/mol. The molecule has 0 aliphatic carbocycles. The van der Waals surface area contributed by atoms with Crippen LogP contribution in [0.2, 0.25) is 0 Å². The first-order chi connectivity index (χ1) is 7.64. The highest BCUT2D eigenvalue weighted by Gasteiger charge is 2.27. The van der Waals surface area contributed by atoms with E-state index in [0.717, 1.165) is 0 Å². The maximum atomic E-state index is 11.6. The minimum absolute atomic E-state index is 0.197. The van der Waals surface area contributed by atoms with Crippen molar-refractivity contribution < 1.29 is 14.7 Å². The molecule has 0 saturated heterocycles. The Morgan fingerprint density at radius 1 is 1.35 bits per heavy atom. The van der Waals surface area contributed by atoms with Gasteiger partial charge in [-0.15, -0.1) is 0 Å². The van der Waals surface area contributed by atoms with Crippen LogP contribution in [0, 0.1) is 5.41 Å². The first-order valence-corrected chi connectivity index (χ1v) is 5.62. The Morgan fingerprint density at radius 2 is 1.76 bits per heavy atom. The number of rotatable bonds is 3. The maximum Gasteiger partial charge on any atom is 0.320 e. The molecule has 0 aromatic carbocycles. The van der Waals surface area contributed by atoms with Gasteiger partial charge in [0.2, 0.25) is 0 Å². The zero-order valence-corrected chi connectivity index (χ0v) is 11.8. The summed E-state index contributed by atoms with van der Waals surface area (Å²) in [4.78, 5) is 11.6. The Kier molecular flexibility index (Phi) is 8.02. The first kappa shape index (κ1) is 17.8. The van der Waals surface area contributed by atoms with Gasteiger partial charge in [-0.05, 0) is 27.7 Å². The third-order valence-corrected chi connectivity index (χ3v) is 1.58. The average molecular weight is 241 g/mol. The van der Waals surface area contributed by atoms with E-state index in [1.54, 1.807) is 27.7 Å². The Balaban J connectivity index is 0. The summed E-state index contributed by atoms with van der Waals surface area (Å²) in [6.07, 6.45) is 1.54. The summed E-state index contributed by atoms with van der Waals surface area (Å²) < 4.78 is 0.609. The van der Waals surface area contributed by atoms with Crippen LogP contribution in [-0.2, 0) is 4.79 Å². The van der Waals surface area contributed by atoms with E-state index in [-0.39, 0.29) is 11.7 Å². The highest BCUT2D eigenvalue weighted by molar-refractivity contribution is 5.82. The van der Waals surface area contributed by atoms with E-state index in [4.69, 9.17) is 0 Å². The highest BCUT2D eigenvalue weighted by Crippen LogP contribution is 2.13. The lowest BCUT2D eigenvalue weighted by Gasteiger charge is -2.13. The van der Waals surface area contributed by atoms with Gasteiger partial charge in [-0.3, -0.25) is 0 Å². The normalized spacial score (nSPS) is 11.1. The van der Waals surface area contributed by atoms with Crippen molar-refractivity contribution in [2.24, 2.45) is 5.41 Å². The molecule has 0 heterocycles. The molecule has 0 saturated carbocycles. The zero-order valence-electron chi connectivity index (χ0n) is 11.8. The predicted octanol–water partition coefficient (Wildman–Crippen LogP) is 2.69. The molecule has 4 heteroatoms. The summed E-state index contributed by atoms with van der Waals surface area (Å²) in [6.45, 7) is 18.1. The molecule has 17 heavy (non-hydrogen) atoms.